The first kappa shape index (κ1) is 11.3. The van der Waals surface area contributed by atoms with Gasteiger partial charge < -0.3 is 14.9 Å². The topological polar surface area (TPSA) is 49.7 Å². The summed E-state index contributed by atoms with van der Waals surface area (Å²) in [5.74, 6) is 0.556. The third-order valence-electron chi connectivity index (χ3n) is 3.54. The van der Waals surface area contributed by atoms with Crippen molar-refractivity contribution < 1.29 is 14.9 Å². The van der Waals surface area contributed by atoms with E-state index in [9.17, 15) is 10.2 Å². The molecule has 1 saturated heterocycles. The van der Waals surface area contributed by atoms with Crippen LogP contribution in [0.4, 0.5) is 0 Å². The molecule has 3 heteroatoms. The van der Waals surface area contributed by atoms with Crippen LogP contribution in [-0.2, 0) is 4.74 Å². The van der Waals surface area contributed by atoms with Gasteiger partial charge in [0.25, 0.3) is 0 Å². The van der Waals surface area contributed by atoms with Gasteiger partial charge >= 0.3 is 0 Å². The van der Waals surface area contributed by atoms with Gasteiger partial charge in [-0.1, -0.05) is 0 Å². The summed E-state index contributed by atoms with van der Waals surface area (Å²) in [4.78, 5) is 0. The Hall–Kier alpha value is -1.22. The van der Waals surface area contributed by atoms with Crippen LogP contribution in [0, 0.1) is 20.8 Å². The Morgan fingerprint density at radius 1 is 1.00 bits per heavy atom. The molecule has 0 aromatic heterocycles. The Labute approximate surface area is 95.7 Å². The minimum atomic E-state index is -0.0646. The molecular weight excluding hydrogens is 204 g/mol. The first-order valence-electron chi connectivity index (χ1n) is 5.67. The van der Waals surface area contributed by atoms with E-state index in [2.05, 4.69) is 0 Å². The Kier molecular flexibility index (Phi) is 2.80. The van der Waals surface area contributed by atoms with Gasteiger partial charge in [-0.15, -0.1) is 0 Å². The van der Waals surface area contributed by atoms with E-state index in [1.165, 1.54) is 0 Å². The second-order valence-electron chi connectivity index (χ2n) is 4.49. The molecule has 2 N–H and O–H groups in total. The van der Waals surface area contributed by atoms with E-state index in [0.29, 0.717) is 0 Å². The summed E-state index contributed by atoms with van der Waals surface area (Å²) in [6, 6.07) is 0. The first-order valence-corrected chi connectivity index (χ1v) is 5.67. The van der Waals surface area contributed by atoms with Crippen molar-refractivity contribution in [1.82, 2.24) is 0 Å². The molecule has 1 aliphatic heterocycles. The number of hydrogen-bond acceptors (Lipinski definition) is 3. The Morgan fingerprint density at radius 2 is 1.62 bits per heavy atom. The molecule has 1 aromatic rings. The van der Waals surface area contributed by atoms with Crippen molar-refractivity contribution in [2.24, 2.45) is 0 Å². The van der Waals surface area contributed by atoms with Gasteiger partial charge in [0.15, 0.2) is 0 Å². The van der Waals surface area contributed by atoms with E-state index >= 15 is 0 Å². The number of phenols is 2. The fraction of sp³-hybridized carbons (Fsp3) is 0.538. The first-order chi connectivity index (χ1) is 7.54. The van der Waals surface area contributed by atoms with Crippen molar-refractivity contribution in [2.75, 3.05) is 6.61 Å². The molecule has 1 fully saturated rings. The van der Waals surface area contributed by atoms with Crippen LogP contribution in [-0.4, -0.2) is 16.8 Å². The van der Waals surface area contributed by atoms with Gasteiger partial charge in [-0.25, -0.2) is 0 Å². The van der Waals surface area contributed by atoms with Crippen LogP contribution in [0.25, 0.3) is 0 Å². The average Bonchev–Trinajstić information content (AvgIpc) is 2.77. The van der Waals surface area contributed by atoms with E-state index in [0.717, 1.165) is 41.7 Å². The van der Waals surface area contributed by atoms with Gasteiger partial charge in [-0.3, -0.25) is 0 Å². The van der Waals surface area contributed by atoms with E-state index in [1.807, 2.05) is 20.8 Å². The molecule has 0 spiro atoms. The van der Waals surface area contributed by atoms with Crippen LogP contribution in [0.15, 0.2) is 0 Å². The van der Waals surface area contributed by atoms with Gasteiger partial charge in [0.1, 0.15) is 11.5 Å². The Bertz CT molecular complexity index is 389. The highest BCUT2D eigenvalue weighted by Crippen LogP contribution is 2.43. The average molecular weight is 222 g/mol. The lowest BCUT2D eigenvalue weighted by Gasteiger charge is -2.19. The van der Waals surface area contributed by atoms with Crippen molar-refractivity contribution in [3.63, 3.8) is 0 Å². The summed E-state index contributed by atoms with van der Waals surface area (Å²) in [6.45, 7) is 6.20. The van der Waals surface area contributed by atoms with Gasteiger partial charge in [-0.2, -0.15) is 0 Å². The third kappa shape index (κ3) is 1.55. The van der Waals surface area contributed by atoms with Gasteiger partial charge in [0, 0.05) is 17.7 Å². The molecule has 0 bridgehead atoms. The molecule has 1 aromatic carbocycles. The van der Waals surface area contributed by atoms with E-state index < -0.39 is 0 Å². The normalized spacial score (nSPS) is 20.3. The number of hydrogen-bond donors (Lipinski definition) is 2. The standard InChI is InChI=1S/C13H18O3/c1-7-8(2)13(15)11(9(3)12(7)14)10-5-4-6-16-10/h10,14-15H,4-6H2,1-3H3. The molecule has 1 heterocycles. The maximum Gasteiger partial charge on any atom is 0.125 e. The highest BCUT2D eigenvalue weighted by molar-refractivity contribution is 5.57. The van der Waals surface area contributed by atoms with Crippen LogP contribution in [0.5, 0.6) is 11.5 Å². The van der Waals surface area contributed by atoms with Crippen molar-refractivity contribution in [1.29, 1.82) is 0 Å². The molecule has 3 nitrogen and oxygen atoms in total. The second-order valence-corrected chi connectivity index (χ2v) is 4.49. The lowest BCUT2D eigenvalue weighted by molar-refractivity contribution is 0.109. The van der Waals surface area contributed by atoms with E-state index in [1.54, 1.807) is 0 Å². The molecule has 2 rings (SSSR count). The van der Waals surface area contributed by atoms with Crippen molar-refractivity contribution >= 4 is 0 Å². The summed E-state index contributed by atoms with van der Waals surface area (Å²) >= 11 is 0. The number of rotatable bonds is 1. The zero-order valence-electron chi connectivity index (χ0n) is 10.0. The zero-order valence-corrected chi connectivity index (χ0v) is 10.0. The summed E-state index contributed by atoms with van der Waals surface area (Å²) in [6.07, 6.45) is 1.86. The maximum absolute atomic E-state index is 10.2. The summed E-state index contributed by atoms with van der Waals surface area (Å²) < 4.78 is 5.58. The number of aromatic hydroxyl groups is 2. The smallest absolute Gasteiger partial charge is 0.125 e. The van der Waals surface area contributed by atoms with Crippen LogP contribution in [0.1, 0.15) is 41.2 Å². The Morgan fingerprint density at radius 3 is 2.19 bits per heavy atom. The van der Waals surface area contributed by atoms with Gasteiger partial charge in [0.2, 0.25) is 0 Å². The molecule has 1 unspecified atom stereocenters. The monoisotopic (exact) mass is 222 g/mol. The lowest BCUT2D eigenvalue weighted by atomic mass is 9.93. The van der Waals surface area contributed by atoms with Gasteiger partial charge in [-0.05, 0) is 44.7 Å². The number of benzene rings is 1. The SMILES string of the molecule is Cc1c(C)c(O)c(C2CCCO2)c(C)c1O. The molecule has 0 saturated carbocycles. The fourth-order valence-corrected chi connectivity index (χ4v) is 2.34. The summed E-state index contributed by atoms with van der Waals surface area (Å²) in [5, 5.41) is 20.1. The van der Waals surface area contributed by atoms with Crippen LogP contribution >= 0.6 is 0 Å². The van der Waals surface area contributed by atoms with E-state index in [4.69, 9.17) is 4.74 Å². The highest BCUT2D eigenvalue weighted by atomic mass is 16.5. The van der Waals surface area contributed by atoms with E-state index in [-0.39, 0.29) is 17.6 Å². The van der Waals surface area contributed by atoms with Gasteiger partial charge in [0.05, 0.1) is 6.10 Å². The predicted molar refractivity (Wildman–Crippen MR) is 61.9 cm³/mol. The number of phenolic OH excluding ortho intramolecular Hbond substituents is 2. The molecular formula is C13H18O3. The Balaban J connectivity index is 2.59. The number of ether oxygens (including phenoxy) is 1. The largest absolute Gasteiger partial charge is 0.507 e. The minimum absolute atomic E-state index is 0.0646. The molecule has 0 amide bonds. The fourth-order valence-electron chi connectivity index (χ4n) is 2.34. The van der Waals surface area contributed by atoms with Crippen molar-refractivity contribution in [3.05, 3.63) is 22.3 Å². The third-order valence-corrected chi connectivity index (χ3v) is 3.54. The summed E-state index contributed by atoms with van der Waals surface area (Å²) in [5.41, 5.74) is 3.00. The molecule has 88 valence electrons. The molecule has 1 aliphatic rings. The highest BCUT2D eigenvalue weighted by Gasteiger charge is 2.26. The zero-order chi connectivity index (χ0) is 11.9. The summed E-state index contributed by atoms with van der Waals surface area (Å²) in [7, 11) is 0. The van der Waals surface area contributed by atoms with Crippen LogP contribution < -0.4 is 0 Å². The lowest BCUT2D eigenvalue weighted by Crippen LogP contribution is -2.02. The molecule has 1 atom stereocenters. The second kappa shape index (κ2) is 3.98. The van der Waals surface area contributed by atoms with Crippen molar-refractivity contribution in [3.8, 4) is 11.5 Å². The maximum atomic E-state index is 10.2. The minimum Gasteiger partial charge on any atom is -0.507 e. The molecule has 0 radical (unpaired) electrons. The molecule has 0 aliphatic carbocycles. The molecule has 16 heavy (non-hydrogen) atoms. The van der Waals surface area contributed by atoms with Crippen LogP contribution in [0.3, 0.4) is 0 Å². The quantitative estimate of drug-likeness (QED) is 0.718. The van der Waals surface area contributed by atoms with Crippen LogP contribution in [0.2, 0.25) is 0 Å². The predicted octanol–water partition coefficient (Wildman–Crippen LogP) is 2.87. The van der Waals surface area contributed by atoms with Crippen molar-refractivity contribution in [2.45, 2.75) is 39.7 Å².